The molecule has 1 N–H and O–H groups in total. The zero-order valence-corrected chi connectivity index (χ0v) is 17.2. The molecule has 1 amide bonds. The van der Waals surface area contributed by atoms with Crippen LogP contribution in [0.5, 0.6) is 5.75 Å². The lowest BCUT2D eigenvalue weighted by Gasteiger charge is -2.28. The number of carbonyl (C=O) groups is 2. The van der Waals surface area contributed by atoms with E-state index in [2.05, 4.69) is 4.90 Å². The van der Waals surface area contributed by atoms with Crippen LogP contribution < -0.4 is 4.74 Å². The van der Waals surface area contributed by atoms with E-state index in [0.29, 0.717) is 17.2 Å². The average molecular weight is 413 g/mol. The second kappa shape index (κ2) is 8.39. The van der Waals surface area contributed by atoms with Gasteiger partial charge in [-0.1, -0.05) is 18.2 Å². The Labute approximate surface area is 174 Å². The summed E-state index contributed by atoms with van der Waals surface area (Å²) in [6.07, 6.45) is 2.33. The van der Waals surface area contributed by atoms with E-state index in [9.17, 15) is 14.7 Å². The number of aliphatic hydroxyl groups excluding tert-OH is 1. The van der Waals surface area contributed by atoms with Crippen molar-refractivity contribution in [3.63, 3.8) is 0 Å². The number of thiophene rings is 1. The van der Waals surface area contributed by atoms with E-state index in [1.54, 1.807) is 24.1 Å². The lowest BCUT2D eigenvalue weighted by atomic mass is 9.95. The predicted octanol–water partition coefficient (Wildman–Crippen LogP) is 3.43. The number of likely N-dealkylation sites (tertiary alicyclic amines) is 1. The van der Waals surface area contributed by atoms with Gasteiger partial charge in [-0.2, -0.15) is 0 Å². The fourth-order valence-electron chi connectivity index (χ4n) is 4.07. The molecular weight excluding hydrogens is 388 g/mol. The molecule has 0 aliphatic carbocycles. The SMILES string of the molecule is COc1cccc(C2C(C(=O)c3cccs3)=C(O)C(=O)N2CCN2CCCC2)c1. The average Bonchev–Trinajstić information content (AvgIpc) is 3.49. The van der Waals surface area contributed by atoms with Crippen LogP contribution in [0, 0.1) is 0 Å². The Morgan fingerprint density at radius 2 is 2.00 bits per heavy atom. The van der Waals surface area contributed by atoms with Crippen molar-refractivity contribution in [1.29, 1.82) is 0 Å². The Bertz CT molecular complexity index is 932. The highest BCUT2D eigenvalue weighted by Crippen LogP contribution is 2.40. The molecule has 6 nitrogen and oxygen atoms in total. The van der Waals surface area contributed by atoms with Crippen LogP contribution in [0.15, 0.2) is 53.1 Å². The van der Waals surface area contributed by atoms with Gasteiger partial charge in [0.25, 0.3) is 5.91 Å². The van der Waals surface area contributed by atoms with Crippen LogP contribution >= 0.6 is 11.3 Å². The quantitative estimate of drug-likeness (QED) is 0.706. The van der Waals surface area contributed by atoms with Crippen LogP contribution in [0.1, 0.15) is 34.1 Å². The van der Waals surface area contributed by atoms with Crippen LogP contribution in [0.2, 0.25) is 0 Å². The molecule has 1 atom stereocenters. The van der Waals surface area contributed by atoms with Gasteiger partial charge in [-0.05, 0) is 55.1 Å². The highest BCUT2D eigenvalue weighted by Gasteiger charge is 2.44. The smallest absolute Gasteiger partial charge is 0.290 e. The van der Waals surface area contributed by atoms with Crippen molar-refractivity contribution in [2.45, 2.75) is 18.9 Å². The standard InChI is InChI=1S/C22H24N2O4S/c1-28-16-7-4-6-15(14-16)19-18(20(25)17-8-5-13-29-17)21(26)22(27)24(19)12-11-23-9-2-3-10-23/h4-8,13-14,19,26H,2-3,9-12H2,1H3. The maximum Gasteiger partial charge on any atom is 0.290 e. The van der Waals surface area contributed by atoms with Gasteiger partial charge >= 0.3 is 0 Å². The number of amides is 1. The Balaban J connectivity index is 1.70. The third kappa shape index (κ3) is 3.80. The van der Waals surface area contributed by atoms with Crippen LogP contribution in [0.3, 0.4) is 0 Å². The van der Waals surface area contributed by atoms with Gasteiger partial charge in [-0.15, -0.1) is 11.3 Å². The summed E-state index contributed by atoms with van der Waals surface area (Å²) in [5.41, 5.74) is 0.898. The zero-order chi connectivity index (χ0) is 20.4. The lowest BCUT2D eigenvalue weighted by Crippen LogP contribution is -2.37. The topological polar surface area (TPSA) is 70.1 Å². The summed E-state index contributed by atoms with van der Waals surface area (Å²) >= 11 is 1.30. The van der Waals surface area contributed by atoms with E-state index in [0.717, 1.165) is 25.2 Å². The van der Waals surface area contributed by atoms with E-state index >= 15 is 0 Å². The molecule has 3 heterocycles. The Morgan fingerprint density at radius 3 is 2.69 bits per heavy atom. The van der Waals surface area contributed by atoms with Crippen molar-refractivity contribution in [1.82, 2.24) is 9.80 Å². The third-order valence-electron chi connectivity index (χ3n) is 5.56. The van der Waals surface area contributed by atoms with Gasteiger partial charge in [0.15, 0.2) is 5.76 Å². The molecule has 1 aromatic carbocycles. The fraction of sp³-hybridized carbons (Fsp3) is 0.364. The number of nitrogens with zero attached hydrogens (tertiary/aromatic N) is 2. The third-order valence-corrected chi connectivity index (χ3v) is 6.43. The van der Waals surface area contributed by atoms with Crippen LogP contribution in [-0.2, 0) is 4.79 Å². The molecule has 2 aliphatic heterocycles. The van der Waals surface area contributed by atoms with Crippen molar-refractivity contribution in [3.05, 3.63) is 63.6 Å². The van der Waals surface area contributed by atoms with E-state index in [4.69, 9.17) is 4.74 Å². The molecule has 0 saturated carbocycles. The van der Waals surface area contributed by atoms with E-state index in [1.807, 2.05) is 29.6 Å². The molecule has 152 valence electrons. The van der Waals surface area contributed by atoms with Crippen molar-refractivity contribution in [2.75, 3.05) is 33.3 Å². The van der Waals surface area contributed by atoms with Gasteiger partial charge in [-0.25, -0.2) is 0 Å². The highest BCUT2D eigenvalue weighted by molar-refractivity contribution is 7.12. The van der Waals surface area contributed by atoms with Crippen LogP contribution in [0.25, 0.3) is 0 Å². The number of benzene rings is 1. The van der Waals surface area contributed by atoms with Crippen molar-refractivity contribution >= 4 is 23.0 Å². The number of hydrogen-bond donors (Lipinski definition) is 1. The largest absolute Gasteiger partial charge is 0.503 e. The van der Waals surface area contributed by atoms with Crippen molar-refractivity contribution in [3.8, 4) is 5.75 Å². The van der Waals surface area contributed by atoms with Crippen LogP contribution in [-0.4, -0.2) is 59.9 Å². The Kier molecular flexibility index (Phi) is 5.69. The number of ketones is 1. The van der Waals surface area contributed by atoms with Gasteiger partial charge in [0.05, 0.1) is 23.6 Å². The number of ether oxygens (including phenoxy) is 1. The molecule has 29 heavy (non-hydrogen) atoms. The van der Waals surface area contributed by atoms with E-state index in [1.165, 1.54) is 24.2 Å². The maximum absolute atomic E-state index is 13.2. The molecule has 1 unspecified atom stereocenters. The Hall–Kier alpha value is -2.64. The summed E-state index contributed by atoms with van der Waals surface area (Å²) < 4.78 is 5.34. The molecule has 2 aliphatic rings. The minimum atomic E-state index is -0.630. The molecule has 1 saturated heterocycles. The summed E-state index contributed by atoms with van der Waals surface area (Å²) in [4.78, 5) is 30.6. The van der Waals surface area contributed by atoms with E-state index < -0.39 is 17.7 Å². The second-order valence-corrected chi connectivity index (χ2v) is 8.24. The van der Waals surface area contributed by atoms with Gasteiger partial charge in [0.1, 0.15) is 5.75 Å². The van der Waals surface area contributed by atoms with Gasteiger partial charge < -0.3 is 19.6 Å². The Morgan fingerprint density at radius 1 is 1.21 bits per heavy atom. The summed E-state index contributed by atoms with van der Waals surface area (Å²) in [5, 5.41) is 12.5. The van der Waals surface area contributed by atoms with Crippen molar-refractivity contribution < 1.29 is 19.4 Å². The maximum atomic E-state index is 13.2. The number of aliphatic hydroxyl groups is 1. The van der Waals surface area contributed by atoms with Crippen LogP contribution in [0.4, 0.5) is 0 Å². The van der Waals surface area contributed by atoms with Gasteiger partial charge in [0, 0.05) is 13.1 Å². The molecule has 0 bridgehead atoms. The molecule has 1 aromatic heterocycles. The monoisotopic (exact) mass is 412 g/mol. The molecule has 4 rings (SSSR count). The number of Topliss-reactive ketones (excluding diaryl/α,β-unsaturated/α-hetero) is 1. The predicted molar refractivity (Wildman–Crippen MR) is 111 cm³/mol. The first-order valence-corrected chi connectivity index (χ1v) is 10.7. The fourth-order valence-corrected chi connectivity index (χ4v) is 4.75. The lowest BCUT2D eigenvalue weighted by molar-refractivity contribution is -0.129. The molecule has 2 aromatic rings. The second-order valence-electron chi connectivity index (χ2n) is 7.30. The number of methoxy groups -OCH3 is 1. The summed E-state index contributed by atoms with van der Waals surface area (Å²) in [7, 11) is 1.58. The van der Waals surface area contributed by atoms with Gasteiger partial charge in [0.2, 0.25) is 5.78 Å². The summed E-state index contributed by atoms with van der Waals surface area (Å²) in [6, 6.07) is 10.2. The molecule has 7 heteroatoms. The number of carbonyl (C=O) groups excluding carboxylic acids is 2. The first-order valence-electron chi connectivity index (χ1n) is 9.78. The number of hydrogen-bond acceptors (Lipinski definition) is 6. The van der Waals surface area contributed by atoms with Crippen molar-refractivity contribution in [2.24, 2.45) is 0 Å². The summed E-state index contributed by atoms with van der Waals surface area (Å²) in [6.45, 7) is 3.21. The minimum Gasteiger partial charge on any atom is -0.503 e. The minimum absolute atomic E-state index is 0.145. The first kappa shape index (κ1) is 19.7. The normalized spacial score (nSPS) is 20.0. The molecule has 0 radical (unpaired) electrons. The molecule has 1 fully saturated rings. The molecule has 0 spiro atoms. The van der Waals surface area contributed by atoms with E-state index in [-0.39, 0.29) is 11.4 Å². The van der Waals surface area contributed by atoms with Gasteiger partial charge in [-0.3, -0.25) is 9.59 Å². The summed E-state index contributed by atoms with van der Waals surface area (Å²) in [5.74, 6) is -0.597. The zero-order valence-electron chi connectivity index (χ0n) is 16.3. The molecular formula is C22H24N2O4S. The highest BCUT2D eigenvalue weighted by atomic mass is 32.1. The number of rotatable bonds is 7. The first-order chi connectivity index (χ1) is 14.1.